The summed E-state index contributed by atoms with van der Waals surface area (Å²) in [6.07, 6.45) is -15.8. The minimum absolute atomic E-state index is 0. The van der Waals surface area contributed by atoms with Gasteiger partial charge < -0.3 is 9.11 Å². The molecule has 0 aliphatic carbocycles. The molecule has 6 nitrogen and oxygen atoms in total. The summed E-state index contributed by atoms with van der Waals surface area (Å²) in [5.41, 5.74) is 0. The van der Waals surface area contributed by atoms with Crippen LogP contribution in [-0.2, 0) is 20.2 Å². The summed E-state index contributed by atoms with van der Waals surface area (Å²) in [7, 11) is -16.3. The van der Waals surface area contributed by atoms with Gasteiger partial charge in [0, 0.05) is 0 Å². The third-order valence-electron chi connectivity index (χ3n) is 7.84. The van der Waals surface area contributed by atoms with Crippen molar-refractivity contribution in [3.05, 3.63) is 109 Å². The fourth-order valence-corrected chi connectivity index (χ4v) is 4.52. The number of rotatable bonds is 14. The van der Waals surface area contributed by atoms with Crippen molar-refractivity contribution in [2.45, 2.75) is 93.9 Å². The molecule has 0 unspecified atom stereocenters. The van der Waals surface area contributed by atoms with Gasteiger partial charge in [-0.25, -0.2) is 16.8 Å². The van der Waals surface area contributed by atoms with E-state index in [1.165, 1.54) is 0 Å². The van der Waals surface area contributed by atoms with E-state index in [-0.39, 0.29) is 26.2 Å². The van der Waals surface area contributed by atoms with Crippen LogP contribution < -0.4 is 0 Å². The first-order valence-electron chi connectivity index (χ1n) is 17.1. The second-order valence-corrected chi connectivity index (χ2v) is 15.9. The van der Waals surface area contributed by atoms with Crippen molar-refractivity contribution in [2.75, 3.05) is 0 Å². The predicted molar refractivity (Wildman–Crippen MR) is 182 cm³/mol. The topological polar surface area (TPSA) is 114 Å². The van der Waals surface area contributed by atoms with Crippen LogP contribution in [0.25, 0.3) is 0 Å². The molecule has 0 heterocycles. The van der Waals surface area contributed by atoms with E-state index in [0.29, 0.717) is 0 Å². The maximum absolute atomic E-state index is 13.0. The van der Waals surface area contributed by atoms with E-state index in [2.05, 4.69) is 18.2 Å². The van der Waals surface area contributed by atoms with Crippen LogP contribution in [0, 0.1) is 18.2 Å². The minimum atomic E-state index is -8.92. The molecule has 3 aromatic carbocycles. The fraction of sp³-hybridized carbons (Fsp3) is 0.471. The molecule has 6 radical (unpaired) electrons. The Balaban J connectivity index is -0.00000105. The Morgan fingerprint density at radius 3 is 0.455 bits per heavy atom. The van der Waals surface area contributed by atoms with Crippen molar-refractivity contribution in [1.82, 2.24) is 0 Å². The Morgan fingerprint density at radius 2 is 0.364 bits per heavy atom. The van der Waals surface area contributed by atoms with Gasteiger partial charge in [0.25, 0.3) is 0 Å². The van der Waals surface area contributed by atoms with E-state index in [1.54, 1.807) is 0 Å². The van der Waals surface area contributed by atoms with E-state index in [0.717, 1.165) is 0 Å². The monoisotopic (exact) mass is 1440 g/mol. The Morgan fingerprint density at radius 1 is 0.234 bits per heavy atom. The maximum atomic E-state index is 13.0. The molecule has 3 aromatic rings. The normalized spacial score (nSPS) is 14.6. The molecule has 0 atom stereocenters. The molecule has 0 spiro atoms. The van der Waals surface area contributed by atoms with Gasteiger partial charge in [-0.15, -0.1) is 0 Å². The van der Waals surface area contributed by atoms with E-state index in [4.69, 9.17) is 0 Å². The van der Waals surface area contributed by atoms with Gasteiger partial charge in [0.05, 0.1) is 0 Å². The van der Waals surface area contributed by atoms with Crippen LogP contribution >= 0.6 is 0 Å². The quantitative estimate of drug-likeness (QED) is 0.0902. The summed E-state index contributed by atoms with van der Waals surface area (Å²) in [5, 5.41) is -15.9. The summed E-state index contributed by atoms with van der Waals surface area (Å²) in [4.78, 5) is 0. The number of alkyl halides is 34. The standard InChI is InChI=1S/2C8HF17O3S.3C6H5.Bi/c2*9-1(10,3(13,14)5(17,18)7(21,22)23)2(11,12)4(15,16)6(19,20)8(24,25)29(26,27)28;3*1-2-4-6-5-3-1;/h2*(H,26,27,28);3*1-5H;/q;;;;;+2/p-2. The van der Waals surface area contributed by atoms with Crippen molar-refractivity contribution < 1.29 is 175 Å². The number of benzene rings is 3. The first kappa shape index (κ1) is 77.2. The van der Waals surface area contributed by atoms with Crippen molar-refractivity contribution in [3.63, 3.8) is 0 Å². The molecule has 0 saturated heterocycles. The van der Waals surface area contributed by atoms with Gasteiger partial charge in [0.15, 0.2) is 20.2 Å². The SMILES string of the molecule is O=S(=O)([O-])C(F)(F)C(F)(F)C(F)(F)C(F)(F)C(F)(F)C(F)(F)C(F)(F)C(F)(F)F.O=S(=O)([O-])C(F)(F)C(F)(F)C(F)(F)C(F)(F)C(F)(F)C(F)(F)C(F)(F)C(F)(F)F.[Bi+2].[c]1ccccc1.[c]1ccccc1.[c]1ccccc1. The van der Waals surface area contributed by atoms with Crippen molar-refractivity contribution in [1.29, 1.82) is 0 Å². The maximum Gasteiger partial charge on any atom is 2.00 e. The molecule has 442 valence electrons. The molecule has 0 bridgehead atoms. The second kappa shape index (κ2) is 24.4. The van der Waals surface area contributed by atoms with Crippen molar-refractivity contribution in [3.8, 4) is 0 Å². The van der Waals surface area contributed by atoms with Crippen LogP contribution in [0.15, 0.2) is 91.0 Å². The summed E-state index contributed by atoms with van der Waals surface area (Å²) >= 11 is 0. The van der Waals surface area contributed by atoms with Gasteiger partial charge in [-0.2, -0.15) is 149 Å². The molecule has 0 N–H and O–H groups in total. The zero-order valence-corrected chi connectivity index (χ0v) is 39.8. The van der Waals surface area contributed by atoms with Gasteiger partial charge in [0.1, 0.15) is 0 Å². The first-order valence-corrected chi connectivity index (χ1v) is 19.9. The Hall–Kier alpha value is -4.02. The van der Waals surface area contributed by atoms with Crippen LogP contribution in [0.3, 0.4) is 0 Å². The number of hydrogen-bond acceptors (Lipinski definition) is 6. The summed E-state index contributed by atoms with van der Waals surface area (Å²) in [6, 6.07) is 37.5. The average Bonchev–Trinajstić information content (AvgIpc) is 3.26. The van der Waals surface area contributed by atoms with Gasteiger partial charge >= 0.3 is 120 Å². The molecule has 77 heavy (non-hydrogen) atoms. The molecular weight excluding hydrogens is 1420 g/mol. The zero-order chi connectivity index (χ0) is 61.7. The van der Waals surface area contributed by atoms with Crippen LogP contribution in [0.5, 0.6) is 0 Å². The van der Waals surface area contributed by atoms with E-state index in [1.807, 2.05) is 91.0 Å². The van der Waals surface area contributed by atoms with Crippen molar-refractivity contribution in [2.24, 2.45) is 0 Å². The molecule has 0 saturated carbocycles. The number of hydrogen-bond donors (Lipinski definition) is 0. The first-order chi connectivity index (χ1) is 33.0. The van der Waals surface area contributed by atoms with Gasteiger partial charge in [-0.1, -0.05) is 91.0 Å². The molecule has 0 aliphatic rings. The van der Waals surface area contributed by atoms with Crippen molar-refractivity contribution >= 4 is 46.4 Å². The van der Waals surface area contributed by atoms with Gasteiger partial charge in [-0.05, 0) is 18.2 Å². The van der Waals surface area contributed by atoms with Gasteiger partial charge in [0.2, 0.25) is 0 Å². The molecule has 0 fully saturated rings. The minimum Gasteiger partial charge on any atom is -0.743 e. The summed E-state index contributed by atoms with van der Waals surface area (Å²) < 4.78 is 488. The fourth-order valence-electron chi connectivity index (χ4n) is 3.64. The van der Waals surface area contributed by atoms with Crippen LogP contribution in [0.4, 0.5) is 149 Å². The van der Waals surface area contributed by atoms with Crippen LogP contribution in [-0.4, -0.2) is 146 Å². The van der Waals surface area contributed by atoms with E-state index in [9.17, 15) is 175 Å². The molecule has 0 amide bonds. The average molecular weight is 1440 g/mol. The van der Waals surface area contributed by atoms with Crippen LogP contribution in [0.1, 0.15) is 0 Å². The third kappa shape index (κ3) is 14.1. The van der Waals surface area contributed by atoms with Gasteiger partial charge in [-0.3, -0.25) is 0 Å². The zero-order valence-electron chi connectivity index (χ0n) is 34.7. The number of halogens is 34. The smallest absolute Gasteiger partial charge is 0.743 e. The molecule has 43 heteroatoms. The summed E-state index contributed by atoms with van der Waals surface area (Å²) in [5.74, 6) is -104. The van der Waals surface area contributed by atoms with E-state index >= 15 is 0 Å². The predicted octanol–water partition coefficient (Wildman–Crippen LogP) is 13.1. The summed E-state index contributed by atoms with van der Waals surface area (Å²) in [6.45, 7) is 0. The molecule has 0 aliphatic heterocycles. The van der Waals surface area contributed by atoms with Crippen LogP contribution in [0.2, 0.25) is 0 Å². The van der Waals surface area contributed by atoms with E-state index < -0.39 is 114 Å². The molecule has 3 rings (SSSR count). The molecule has 0 aromatic heterocycles. The Labute approximate surface area is 424 Å². The Kier molecular flexibility index (Phi) is 24.4. The molecular formula is C34H15BiF34O6S2. The Bertz CT molecular complexity index is 2210. The second-order valence-electron chi connectivity index (χ2n) is 13.1. The largest absolute Gasteiger partial charge is 2.00 e. The third-order valence-corrected chi connectivity index (χ3v) is 9.60.